The first-order valence-electron chi connectivity index (χ1n) is 9.74. The van der Waals surface area contributed by atoms with Crippen LogP contribution in [0, 0.1) is 13.8 Å². The summed E-state index contributed by atoms with van der Waals surface area (Å²) in [6, 6.07) is 11.5. The largest absolute Gasteiger partial charge is 0.357 e. The zero-order valence-corrected chi connectivity index (χ0v) is 19.9. The lowest BCUT2D eigenvalue weighted by molar-refractivity contribution is -0.139. The molecule has 31 heavy (non-hydrogen) atoms. The molecule has 0 radical (unpaired) electrons. The summed E-state index contributed by atoms with van der Waals surface area (Å²) < 4.78 is 26.2. The number of anilines is 1. The van der Waals surface area contributed by atoms with Gasteiger partial charge in [-0.25, -0.2) is 8.42 Å². The molecule has 0 aliphatic heterocycles. The number of hydrogen-bond donors (Lipinski definition) is 1. The summed E-state index contributed by atoms with van der Waals surface area (Å²) in [4.78, 5) is 27.0. The van der Waals surface area contributed by atoms with Crippen LogP contribution in [-0.2, 0) is 26.2 Å². The maximum atomic E-state index is 13.3. The Kier molecular flexibility index (Phi) is 8.08. The van der Waals surface area contributed by atoms with Crippen molar-refractivity contribution in [3.05, 3.63) is 64.2 Å². The molecule has 0 spiro atoms. The number of nitrogens with one attached hydrogen (secondary N) is 1. The summed E-state index contributed by atoms with van der Waals surface area (Å²) in [7, 11) is -2.26. The standard InChI is InChI=1S/C22H28ClN3O4S/c1-15-9-10-20(16(2)11-15)26(31(5,29)30)14-21(27)25(17(3)22(28)24-4)13-18-7-6-8-19(23)12-18/h6-12,17H,13-14H2,1-5H3,(H,24,28)/t17-/m1/s1. The molecule has 0 aliphatic rings. The molecule has 2 amide bonds. The molecule has 0 fully saturated rings. The smallest absolute Gasteiger partial charge is 0.244 e. The highest BCUT2D eigenvalue weighted by atomic mass is 35.5. The summed E-state index contributed by atoms with van der Waals surface area (Å²) >= 11 is 6.06. The monoisotopic (exact) mass is 465 g/mol. The molecule has 168 valence electrons. The Morgan fingerprint density at radius 2 is 1.81 bits per heavy atom. The number of halogens is 1. The first kappa shape index (κ1) is 24.7. The molecule has 2 rings (SSSR count). The van der Waals surface area contributed by atoms with Gasteiger partial charge in [0.1, 0.15) is 12.6 Å². The van der Waals surface area contributed by atoms with Crippen molar-refractivity contribution in [1.29, 1.82) is 0 Å². The van der Waals surface area contributed by atoms with E-state index < -0.39 is 28.5 Å². The molecule has 2 aromatic rings. The van der Waals surface area contributed by atoms with Gasteiger partial charge in [-0.1, -0.05) is 41.4 Å². The van der Waals surface area contributed by atoms with Crippen LogP contribution in [0.2, 0.25) is 5.02 Å². The zero-order valence-electron chi connectivity index (χ0n) is 18.3. The molecule has 0 aromatic heterocycles. The third kappa shape index (κ3) is 6.45. The number of amides is 2. The Morgan fingerprint density at radius 3 is 2.35 bits per heavy atom. The number of nitrogens with zero attached hydrogens (tertiary/aromatic N) is 2. The van der Waals surface area contributed by atoms with Crippen molar-refractivity contribution in [3.63, 3.8) is 0 Å². The first-order valence-corrected chi connectivity index (χ1v) is 12.0. The second-order valence-corrected chi connectivity index (χ2v) is 9.84. The first-order chi connectivity index (χ1) is 14.4. The number of rotatable bonds is 8. The molecule has 0 aliphatic carbocycles. The third-order valence-electron chi connectivity index (χ3n) is 4.96. The zero-order chi connectivity index (χ0) is 23.3. The number of sulfonamides is 1. The molecule has 0 saturated carbocycles. The van der Waals surface area contributed by atoms with Crippen LogP contribution in [0.25, 0.3) is 0 Å². The van der Waals surface area contributed by atoms with Crippen LogP contribution in [0.3, 0.4) is 0 Å². The second kappa shape index (κ2) is 10.2. The molecule has 7 nitrogen and oxygen atoms in total. The molecule has 1 atom stereocenters. The topological polar surface area (TPSA) is 86.8 Å². The second-order valence-electron chi connectivity index (χ2n) is 7.50. The lowest BCUT2D eigenvalue weighted by Gasteiger charge is -2.31. The number of benzene rings is 2. The van der Waals surface area contributed by atoms with Gasteiger partial charge in [0.15, 0.2) is 0 Å². The third-order valence-corrected chi connectivity index (χ3v) is 6.32. The number of carbonyl (C=O) groups is 2. The highest BCUT2D eigenvalue weighted by molar-refractivity contribution is 7.92. The Morgan fingerprint density at radius 1 is 1.13 bits per heavy atom. The van der Waals surface area contributed by atoms with Crippen molar-refractivity contribution in [1.82, 2.24) is 10.2 Å². The van der Waals surface area contributed by atoms with Gasteiger partial charge >= 0.3 is 0 Å². The molecule has 2 aromatic carbocycles. The minimum atomic E-state index is -3.75. The minimum absolute atomic E-state index is 0.110. The van der Waals surface area contributed by atoms with E-state index in [1.165, 1.54) is 11.9 Å². The van der Waals surface area contributed by atoms with E-state index >= 15 is 0 Å². The minimum Gasteiger partial charge on any atom is -0.357 e. The van der Waals surface area contributed by atoms with Gasteiger partial charge < -0.3 is 10.2 Å². The van der Waals surface area contributed by atoms with Crippen LogP contribution >= 0.6 is 11.6 Å². The van der Waals surface area contributed by atoms with E-state index in [1.54, 1.807) is 50.2 Å². The fourth-order valence-electron chi connectivity index (χ4n) is 3.30. The van der Waals surface area contributed by atoms with Gasteiger partial charge in [0.2, 0.25) is 21.8 Å². The molecule has 1 N–H and O–H groups in total. The molecule has 9 heteroatoms. The molecular weight excluding hydrogens is 438 g/mol. The Balaban J connectivity index is 2.42. The number of aryl methyl sites for hydroxylation is 2. The average molecular weight is 466 g/mol. The van der Waals surface area contributed by atoms with Gasteiger partial charge in [-0.3, -0.25) is 13.9 Å². The summed E-state index contributed by atoms with van der Waals surface area (Å²) in [6.45, 7) is 4.98. The Hall–Kier alpha value is -2.58. The van der Waals surface area contributed by atoms with E-state index in [-0.39, 0.29) is 12.5 Å². The SMILES string of the molecule is CNC(=O)[C@@H](C)N(Cc1cccc(Cl)c1)C(=O)CN(c1ccc(C)cc1C)S(C)(=O)=O. The van der Waals surface area contributed by atoms with E-state index in [4.69, 9.17) is 11.6 Å². The van der Waals surface area contributed by atoms with E-state index in [9.17, 15) is 18.0 Å². The predicted molar refractivity (Wildman–Crippen MR) is 124 cm³/mol. The van der Waals surface area contributed by atoms with Gasteiger partial charge in [0.05, 0.1) is 11.9 Å². The molecule has 0 heterocycles. The van der Waals surface area contributed by atoms with E-state index in [0.29, 0.717) is 10.7 Å². The summed E-state index contributed by atoms with van der Waals surface area (Å²) in [6.07, 6.45) is 1.06. The lowest BCUT2D eigenvalue weighted by Crippen LogP contribution is -2.50. The van der Waals surface area contributed by atoms with E-state index in [2.05, 4.69) is 5.32 Å². The van der Waals surface area contributed by atoms with Gasteiger partial charge in [0.25, 0.3) is 0 Å². The summed E-state index contributed by atoms with van der Waals surface area (Å²) in [5.74, 6) is -0.853. The van der Waals surface area contributed by atoms with Gasteiger partial charge in [0, 0.05) is 18.6 Å². The van der Waals surface area contributed by atoms with Crippen molar-refractivity contribution in [3.8, 4) is 0 Å². The van der Waals surface area contributed by atoms with Crippen molar-refractivity contribution in [2.75, 3.05) is 24.2 Å². The Labute approximate surface area is 189 Å². The number of likely N-dealkylation sites (N-methyl/N-ethyl adjacent to an activating group) is 1. The van der Waals surface area contributed by atoms with Crippen LogP contribution in [0.5, 0.6) is 0 Å². The quantitative estimate of drug-likeness (QED) is 0.649. The van der Waals surface area contributed by atoms with Crippen LogP contribution in [0.4, 0.5) is 5.69 Å². The van der Waals surface area contributed by atoms with Crippen LogP contribution in [0.1, 0.15) is 23.6 Å². The van der Waals surface area contributed by atoms with E-state index in [0.717, 1.165) is 27.3 Å². The highest BCUT2D eigenvalue weighted by Crippen LogP contribution is 2.24. The van der Waals surface area contributed by atoms with E-state index in [1.807, 2.05) is 13.0 Å². The fraction of sp³-hybridized carbons (Fsp3) is 0.364. The number of hydrogen-bond acceptors (Lipinski definition) is 4. The predicted octanol–water partition coefficient (Wildman–Crippen LogP) is 2.89. The van der Waals surface area contributed by atoms with Crippen molar-refractivity contribution < 1.29 is 18.0 Å². The summed E-state index contributed by atoms with van der Waals surface area (Å²) in [5, 5.41) is 3.04. The normalized spacial score (nSPS) is 12.2. The van der Waals surface area contributed by atoms with Crippen LogP contribution in [-0.4, -0.2) is 51.0 Å². The van der Waals surface area contributed by atoms with Gasteiger partial charge in [-0.2, -0.15) is 0 Å². The highest BCUT2D eigenvalue weighted by Gasteiger charge is 2.30. The molecule has 0 bridgehead atoms. The maximum absolute atomic E-state index is 13.3. The average Bonchev–Trinajstić information content (AvgIpc) is 2.68. The molecule has 0 saturated heterocycles. The fourth-order valence-corrected chi connectivity index (χ4v) is 4.42. The van der Waals surface area contributed by atoms with Crippen LogP contribution < -0.4 is 9.62 Å². The van der Waals surface area contributed by atoms with Crippen LogP contribution in [0.15, 0.2) is 42.5 Å². The number of carbonyl (C=O) groups excluding carboxylic acids is 2. The van der Waals surface area contributed by atoms with Crippen molar-refractivity contribution >= 4 is 39.1 Å². The maximum Gasteiger partial charge on any atom is 0.244 e. The molecular formula is C22H28ClN3O4S. The molecule has 0 unspecified atom stereocenters. The Bertz CT molecular complexity index is 1070. The van der Waals surface area contributed by atoms with Crippen molar-refractivity contribution in [2.45, 2.75) is 33.4 Å². The van der Waals surface area contributed by atoms with Gasteiger partial charge in [-0.15, -0.1) is 0 Å². The summed E-state index contributed by atoms with van der Waals surface area (Å²) in [5.41, 5.74) is 2.88. The van der Waals surface area contributed by atoms with Crippen molar-refractivity contribution in [2.24, 2.45) is 0 Å². The lowest BCUT2D eigenvalue weighted by atomic mass is 10.1. The van der Waals surface area contributed by atoms with Gasteiger partial charge in [-0.05, 0) is 50.1 Å².